The molecule has 3 aromatic rings. The number of Topliss-reactive ketones (excluding diaryl/α,β-unsaturated/α-hetero) is 1. The highest BCUT2D eigenvalue weighted by Gasteiger charge is 2.09. The van der Waals surface area contributed by atoms with Gasteiger partial charge in [-0.05, 0) is 24.1 Å². The zero-order chi connectivity index (χ0) is 13.8. The van der Waals surface area contributed by atoms with Gasteiger partial charge < -0.3 is 0 Å². The van der Waals surface area contributed by atoms with E-state index in [1.165, 1.54) is 5.56 Å². The lowest BCUT2D eigenvalue weighted by atomic mass is 10.1. The molecule has 0 radical (unpaired) electrons. The van der Waals surface area contributed by atoms with Crippen LogP contribution >= 0.6 is 11.3 Å². The molecule has 0 unspecified atom stereocenters. The molecule has 0 aliphatic rings. The van der Waals surface area contributed by atoms with Crippen LogP contribution in [0, 0.1) is 0 Å². The lowest BCUT2D eigenvalue weighted by Crippen LogP contribution is -2.03. The molecule has 3 rings (SSSR count). The Morgan fingerprint density at radius 1 is 1.00 bits per heavy atom. The maximum Gasteiger partial charge on any atom is 0.140 e. The minimum atomic E-state index is 0.257. The van der Waals surface area contributed by atoms with Gasteiger partial charge in [-0.3, -0.25) is 4.79 Å². The van der Waals surface area contributed by atoms with Crippen molar-refractivity contribution >= 4 is 27.3 Å². The van der Waals surface area contributed by atoms with Crippen LogP contribution in [0.5, 0.6) is 0 Å². The van der Waals surface area contributed by atoms with Crippen LogP contribution in [0.25, 0.3) is 10.2 Å². The molecule has 2 nitrogen and oxygen atoms in total. The standard InChI is InChI=1S/C17H15NOS/c19-14(11-10-13-6-2-1-3-7-13)12-17-18-15-8-4-5-9-16(15)20-17/h1-9H,10-12H2. The fraction of sp³-hybridized carbons (Fsp3) is 0.176. The zero-order valence-electron chi connectivity index (χ0n) is 11.1. The van der Waals surface area contributed by atoms with E-state index in [1.807, 2.05) is 42.5 Å². The molecule has 1 heterocycles. The minimum absolute atomic E-state index is 0.257. The second-order valence-corrected chi connectivity index (χ2v) is 5.89. The van der Waals surface area contributed by atoms with Crippen molar-refractivity contribution in [1.29, 1.82) is 0 Å². The van der Waals surface area contributed by atoms with Crippen LogP contribution < -0.4 is 0 Å². The van der Waals surface area contributed by atoms with Crippen LogP contribution in [0.1, 0.15) is 17.0 Å². The average Bonchev–Trinajstić information content (AvgIpc) is 2.88. The van der Waals surface area contributed by atoms with Gasteiger partial charge in [0.1, 0.15) is 10.8 Å². The van der Waals surface area contributed by atoms with Crippen molar-refractivity contribution < 1.29 is 4.79 Å². The molecular weight excluding hydrogens is 266 g/mol. The number of rotatable bonds is 5. The van der Waals surface area contributed by atoms with Gasteiger partial charge in [-0.15, -0.1) is 11.3 Å². The molecule has 0 aliphatic carbocycles. The van der Waals surface area contributed by atoms with Gasteiger partial charge in [0, 0.05) is 6.42 Å². The Labute approximate surface area is 122 Å². The summed E-state index contributed by atoms with van der Waals surface area (Å²) in [6.07, 6.45) is 1.84. The lowest BCUT2D eigenvalue weighted by Gasteiger charge is -1.99. The highest BCUT2D eigenvalue weighted by atomic mass is 32.1. The quantitative estimate of drug-likeness (QED) is 0.706. The summed E-state index contributed by atoms with van der Waals surface area (Å²) in [6, 6.07) is 18.1. The van der Waals surface area contributed by atoms with Crippen molar-refractivity contribution in [3.8, 4) is 0 Å². The molecule has 0 aliphatic heterocycles. The Balaban J connectivity index is 1.61. The van der Waals surface area contributed by atoms with E-state index in [0.29, 0.717) is 12.8 Å². The Bertz CT molecular complexity index is 685. The van der Waals surface area contributed by atoms with Gasteiger partial charge in [-0.25, -0.2) is 4.98 Å². The number of thiazole rings is 1. The number of para-hydroxylation sites is 1. The summed E-state index contributed by atoms with van der Waals surface area (Å²) in [7, 11) is 0. The van der Waals surface area contributed by atoms with Gasteiger partial charge in [0.2, 0.25) is 0 Å². The Morgan fingerprint density at radius 3 is 2.55 bits per heavy atom. The van der Waals surface area contributed by atoms with Crippen LogP contribution in [0.2, 0.25) is 0 Å². The van der Waals surface area contributed by atoms with E-state index in [9.17, 15) is 4.79 Å². The fourth-order valence-electron chi connectivity index (χ4n) is 2.18. The van der Waals surface area contributed by atoms with Crippen LogP contribution in [-0.4, -0.2) is 10.8 Å². The summed E-state index contributed by atoms with van der Waals surface area (Å²) in [6.45, 7) is 0. The zero-order valence-corrected chi connectivity index (χ0v) is 11.9. The monoisotopic (exact) mass is 281 g/mol. The average molecular weight is 281 g/mol. The highest BCUT2D eigenvalue weighted by molar-refractivity contribution is 7.18. The first kappa shape index (κ1) is 13.0. The first-order chi connectivity index (χ1) is 9.81. The summed E-state index contributed by atoms with van der Waals surface area (Å²) in [5.74, 6) is 0.257. The van der Waals surface area contributed by atoms with Crippen LogP contribution in [0.15, 0.2) is 54.6 Å². The first-order valence-corrected chi connectivity index (χ1v) is 7.53. The van der Waals surface area contributed by atoms with E-state index in [-0.39, 0.29) is 5.78 Å². The number of benzene rings is 2. The van der Waals surface area contributed by atoms with Crippen molar-refractivity contribution in [3.63, 3.8) is 0 Å². The van der Waals surface area contributed by atoms with Crippen LogP contribution in [0.3, 0.4) is 0 Å². The topological polar surface area (TPSA) is 30.0 Å². The smallest absolute Gasteiger partial charge is 0.140 e. The lowest BCUT2D eigenvalue weighted by molar-refractivity contribution is -0.118. The summed E-state index contributed by atoms with van der Waals surface area (Å²) < 4.78 is 1.15. The Morgan fingerprint density at radius 2 is 1.75 bits per heavy atom. The summed E-state index contributed by atoms with van der Waals surface area (Å²) in [5, 5.41) is 0.921. The highest BCUT2D eigenvalue weighted by Crippen LogP contribution is 2.22. The van der Waals surface area contributed by atoms with E-state index in [0.717, 1.165) is 21.6 Å². The van der Waals surface area contributed by atoms with E-state index >= 15 is 0 Å². The molecule has 0 N–H and O–H groups in total. The third-order valence-corrected chi connectivity index (χ3v) is 4.26. The predicted molar refractivity (Wildman–Crippen MR) is 83.1 cm³/mol. The maximum absolute atomic E-state index is 12.0. The Hall–Kier alpha value is -2.00. The largest absolute Gasteiger partial charge is 0.299 e. The number of aryl methyl sites for hydroxylation is 1. The fourth-order valence-corrected chi connectivity index (χ4v) is 3.18. The summed E-state index contributed by atoms with van der Waals surface area (Å²) >= 11 is 1.62. The van der Waals surface area contributed by atoms with Crippen molar-refractivity contribution in [2.75, 3.05) is 0 Å². The molecule has 0 bridgehead atoms. The third-order valence-electron chi connectivity index (χ3n) is 3.22. The molecule has 0 amide bonds. The van der Waals surface area contributed by atoms with Crippen molar-refractivity contribution in [1.82, 2.24) is 4.98 Å². The number of hydrogen-bond donors (Lipinski definition) is 0. The number of nitrogens with zero attached hydrogens (tertiary/aromatic N) is 1. The molecule has 100 valence electrons. The van der Waals surface area contributed by atoms with Gasteiger partial charge in [-0.1, -0.05) is 42.5 Å². The molecule has 20 heavy (non-hydrogen) atoms. The van der Waals surface area contributed by atoms with Crippen molar-refractivity contribution in [2.24, 2.45) is 0 Å². The molecule has 3 heteroatoms. The summed E-state index contributed by atoms with van der Waals surface area (Å²) in [4.78, 5) is 16.5. The minimum Gasteiger partial charge on any atom is -0.299 e. The maximum atomic E-state index is 12.0. The van der Waals surface area contributed by atoms with Crippen molar-refractivity contribution in [3.05, 3.63) is 65.2 Å². The second-order valence-electron chi connectivity index (χ2n) is 4.78. The molecule has 1 aromatic heterocycles. The van der Waals surface area contributed by atoms with Gasteiger partial charge in [0.05, 0.1) is 16.6 Å². The first-order valence-electron chi connectivity index (χ1n) is 6.71. The van der Waals surface area contributed by atoms with E-state index < -0.39 is 0 Å². The number of aromatic nitrogens is 1. The van der Waals surface area contributed by atoms with E-state index in [1.54, 1.807) is 11.3 Å². The van der Waals surface area contributed by atoms with Crippen molar-refractivity contribution in [2.45, 2.75) is 19.3 Å². The number of fused-ring (bicyclic) bond motifs is 1. The molecule has 2 aromatic carbocycles. The van der Waals surface area contributed by atoms with Gasteiger partial charge in [0.15, 0.2) is 0 Å². The number of carbonyl (C=O) groups is 1. The van der Waals surface area contributed by atoms with E-state index in [2.05, 4.69) is 17.1 Å². The number of hydrogen-bond acceptors (Lipinski definition) is 3. The predicted octanol–water partition coefficient (Wildman–Crippen LogP) is 4.04. The molecule has 0 saturated carbocycles. The van der Waals surface area contributed by atoms with Gasteiger partial charge >= 0.3 is 0 Å². The van der Waals surface area contributed by atoms with Crippen LogP contribution in [-0.2, 0) is 17.6 Å². The SMILES string of the molecule is O=C(CCc1ccccc1)Cc1nc2ccccc2s1. The van der Waals surface area contributed by atoms with Gasteiger partial charge in [0.25, 0.3) is 0 Å². The molecular formula is C17H15NOS. The second kappa shape index (κ2) is 5.97. The van der Waals surface area contributed by atoms with Gasteiger partial charge in [-0.2, -0.15) is 0 Å². The Kier molecular flexibility index (Phi) is 3.88. The molecule has 0 atom stereocenters. The summed E-state index contributed by atoms with van der Waals surface area (Å²) in [5.41, 5.74) is 2.20. The third kappa shape index (κ3) is 3.11. The van der Waals surface area contributed by atoms with E-state index in [4.69, 9.17) is 0 Å². The van der Waals surface area contributed by atoms with Crippen LogP contribution in [0.4, 0.5) is 0 Å². The molecule has 0 saturated heterocycles. The number of carbonyl (C=O) groups excluding carboxylic acids is 1. The number of ketones is 1. The molecule has 0 fully saturated rings. The normalized spacial score (nSPS) is 10.8. The molecule has 0 spiro atoms.